The van der Waals surface area contributed by atoms with Crippen LogP contribution in [0.2, 0.25) is 0 Å². The van der Waals surface area contributed by atoms with E-state index in [-0.39, 0.29) is 12.6 Å². The van der Waals surface area contributed by atoms with Crippen LogP contribution in [-0.4, -0.2) is 36.0 Å². The lowest BCUT2D eigenvalue weighted by Gasteiger charge is -2.38. The van der Waals surface area contributed by atoms with Gasteiger partial charge in [-0.2, -0.15) is 0 Å². The van der Waals surface area contributed by atoms with Gasteiger partial charge < -0.3 is 19.3 Å². The first-order valence-corrected chi connectivity index (χ1v) is 7.66. The first-order valence-electron chi connectivity index (χ1n) is 7.66. The second-order valence-corrected chi connectivity index (χ2v) is 6.59. The van der Waals surface area contributed by atoms with Gasteiger partial charge in [-0.05, 0) is 20.8 Å². The van der Waals surface area contributed by atoms with Gasteiger partial charge in [-0.25, -0.2) is 0 Å². The average molecular weight is 320 g/mol. The predicted molar refractivity (Wildman–Crippen MR) is 85.5 cm³/mol. The van der Waals surface area contributed by atoms with E-state index in [2.05, 4.69) is 6.58 Å². The van der Waals surface area contributed by atoms with E-state index >= 15 is 0 Å². The van der Waals surface area contributed by atoms with Crippen LogP contribution in [0, 0.1) is 5.41 Å². The molecule has 0 radical (unpaired) electrons. The summed E-state index contributed by atoms with van der Waals surface area (Å²) in [5.41, 5.74) is 0.227. The van der Waals surface area contributed by atoms with Crippen LogP contribution in [0.4, 0.5) is 0 Å². The van der Waals surface area contributed by atoms with Gasteiger partial charge in [0.15, 0.2) is 6.29 Å². The molecule has 1 saturated heterocycles. The zero-order valence-corrected chi connectivity index (χ0v) is 13.8. The van der Waals surface area contributed by atoms with Crippen LogP contribution >= 0.6 is 0 Å². The second-order valence-electron chi connectivity index (χ2n) is 6.59. The number of hydrogen-bond acceptors (Lipinski definition) is 5. The molecule has 1 aliphatic rings. The summed E-state index contributed by atoms with van der Waals surface area (Å²) < 4.78 is 16.8. The lowest BCUT2D eigenvalue weighted by Crippen LogP contribution is -2.49. The maximum Gasteiger partial charge on any atom is 0.311 e. The molecule has 0 amide bonds. The molecule has 1 N–H and O–H groups in total. The van der Waals surface area contributed by atoms with E-state index in [1.54, 1.807) is 20.8 Å². The molecule has 126 valence electrons. The van der Waals surface area contributed by atoms with Crippen LogP contribution in [0.15, 0.2) is 43.0 Å². The molecule has 1 aliphatic heterocycles. The van der Waals surface area contributed by atoms with E-state index in [0.29, 0.717) is 0 Å². The molecule has 0 saturated carbocycles. The van der Waals surface area contributed by atoms with Gasteiger partial charge in [0, 0.05) is 5.56 Å². The Labute approximate surface area is 136 Å². The summed E-state index contributed by atoms with van der Waals surface area (Å²) in [6, 6.07) is 9.41. The topological polar surface area (TPSA) is 65.0 Å². The highest BCUT2D eigenvalue weighted by Gasteiger charge is 2.39. The molecule has 0 unspecified atom stereocenters. The van der Waals surface area contributed by atoms with Crippen LogP contribution in [0.3, 0.4) is 0 Å². The van der Waals surface area contributed by atoms with Gasteiger partial charge in [-0.1, -0.05) is 36.4 Å². The maximum absolute atomic E-state index is 11.9. The summed E-state index contributed by atoms with van der Waals surface area (Å²) in [6.07, 6.45) is -1.32. The molecule has 0 bridgehead atoms. The SMILES string of the molecule is C=C[C@@H]1O[C@H](c2ccccc2)O[C@H](COC(=O)C(C)(C)C)[C@H]1O. The molecule has 23 heavy (non-hydrogen) atoms. The van der Waals surface area contributed by atoms with Gasteiger partial charge >= 0.3 is 5.97 Å². The van der Waals surface area contributed by atoms with E-state index in [0.717, 1.165) is 5.56 Å². The summed E-state index contributed by atoms with van der Waals surface area (Å²) in [5.74, 6) is -0.341. The number of esters is 1. The van der Waals surface area contributed by atoms with Crippen molar-refractivity contribution in [3.63, 3.8) is 0 Å². The summed E-state index contributed by atoms with van der Waals surface area (Å²) in [6.45, 7) is 8.97. The normalized spacial score (nSPS) is 28.2. The van der Waals surface area contributed by atoms with Crippen molar-refractivity contribution in [2.75, 3.05) is 6.61 Å². The number of aliphatic hydroxyl groups is 1. The standard InChI is InChI=1S/C18H24O5/c1-5-13-15(19)14(11-21-17(20)18(2,3)4)23-16(22-13)12-9-7-6-8-10-12/h5-10,13-16,19H,1,11H2,2-4H3/t13-,14+,15-,16-/m0/s1. The Morgan fingerprint density at radius 1 is 1.30 bits per heavy atom. The molecule has 0 spiro atoms. The van der Waals surface area contributed by atoms with E-state index in [1.165, 1.54) is 6.08 Å². The number of rotatable bonds is 4. The van der Waals surface area contributed by atoms with Crippen molar-refractivity contribution in [3.8, 4) is 0 Å². The van der Waals surface area contributed by atoms with E-state index in [1.807, 2.05) is 30.3 Å². The highest BCUT2D eigenvalue weighted by molar-refractivity contribution is 5.75. The second kappa shape index (κ2) is 7.25. The van der Waals surface area contributed by atoms with E-state index < -0.39 is 30.0 Å². The summed E-state index contributed by atoms with van der Waals surface area (Å²) in [4.78, 5) is 11.9. The summed E-state index contributed by atoms with van der Waals surface area (Å²) in [7, 11) is 0. The molecular formula is C18H24O5. The van der Waals surface area contributed by atoms with Crippen molar-refractivity contribution in [1.82, 2.24) is 0 Å². The highest BCUT2D eigenvalue weighted by atomic mass is 16.7. The summed E-state index contributed by atoms with van der Waals surface area (Å²) in [5, 5.41) is 10.3. The van der Waals surface area contributed by atoms with Crippen LogP contribution in [0.25, 0.3) is 0 Å². The molecule has 1 heterocycles. The third-order valence-electron chi connectivity index (χ3n) is 3.59. The van der Waals surface area contributed by atoms with Crippen molar-refractivity contribution in [2.24, 2.45) is 5.41 Å². The average Bonchev–Trinajstić information content (AvgIpc) is 2.53. The first kappa shape index (κ1) is 17.7. The van der Waals surface area contributed by atoms with Gasteiger partial charge in [0.05, 0.1) is 5.41 Å². The Hall–Kier alpha value is -1.69. The molecule has 0 aromatic heterocycles. The van der Waals surface area contributed by atoms with Crippen LogP contribution in [0.5, 0.6) is 0 Å². The van der Waals surface area contributed by atoms with Crippen molar-refractivity contribution in [3.05, 3.63) is 48.6 Å². The fraction of sp³-hybridized carbons (Fsp3) is 0.500. The van der Waals surface area contributed by atoms with Gasteiger partial charge in [0.25, 0.3) is 0 Å². The molecule has 2 rings (SSSR count). The third kappa shape index (κ3) is 4.41. The van der Waals surface area contributed by atoms with Gasteiger partial charge in [-0.15, -0.1) is 6.58 Å². The number of benzene rings is 1. The maximum atomic E-state index is 11.9. The minimum atomic E-state index is -0.944. The fourth-order valence-corrected chi connectivity index (χ4v) is 2.18. The number of hydrogen-bond donors (Lipinski definition) is 1. The predicted octanol–water partition coefficient (Wildman–Crippen LogP) is 2.61. The minimum absolute atomic E-state index is 0.0334. The van der Waals surface area contributed by atoms with Gasteiger partial charge in [-0.3, -0.25) is 4.79 Å². The monoisotopic (exact) mass is 320 g/mol. The fourth-order valence-electron chi connectivity index (χ4n) is 2.18. The molecule has 0 aliphatic carbocycles. The lowest BCUT2D eigenvalue weighted by atomic mass is 9.97. The minimum Gasteiger partial charge on any atom is -0.462 e. The lowest BCUT2D eigenvalue weighted by molar-refractivity contribution is -0.284. The molecule has 1 aromatic rings. The number of carbonyl (C=O) groups is 1. The van der Waals surface area contributed by atoms with Crippen molar-refractivity contribution in [2.45, 2.75) is 45.4 Å². The molecule has 5 nitrogen and oxygen atoms in total. The number of ether oxygens (including phenoxy) is 3. The van der Waals surface area contributed by atoms with Crippen molar-refractivity contribution in [1.29, 1.82) is 0 Å². The van der Waals surface area contributed by atoms with Crippen molar-refractivity contribution >= 4 is 5.97 Å². The number of carbonyl (C=O) groups excluding carboxylic acids is 1. The molecular weight excluding hydrogens is 296 g/mol. The van der Waals surface area contributed by atoms with Gasteiger partial charge in [0.2, 0.25) is 0 Å². The molecule has 1 fully saturated rings. The first-order chi connectivity index (χ1) is 10.8. The van der Waals surface area contributed by atoms with E-state index in [4.69, 9.17) is 14.2 Å². The van der Waals surface area contributed by atoms with Crippen LogP contribution in [-0.2, 0) is 19.0 Å². The Kier molecular flexibility index (Phi) is 5.57. The third-order valence-corrected chi connectivity index (χ3v) is 3.59. The van der Waals surface area contributed by atoms with Crippen molar-refractivity contribution < 1.29 is 24.1 Å². The molecule has 4 atom stereocenters. The largest absolute Gasteiger partial charge is 0.462 e. The highest BCUT2D eigenvalue weighted by Crippen LogP contribution is 2.31. The Morgan fingerprint density at radius 2 is 1.96 bits per heavy atom. The van der Waals surface area contributed by atoms with Crippen LogP contribution in [0.1, 0.15) is 32.6 Å². The zero-order valence-electron chi connectivity index (χ0n) is 13.8. The smallest absolute Gasteiger partial charge is 0.311 e. The van der Waals surface area contributed by atoms with Gasteiger partial charge in [0.1, 0.15) is 24.9 Å². The zero-order chi connectivity index (χ0) is 17.0. The Morgan fingerprint density at radius 3 is 2.52 bits per heavy atom. The van der Waals surface area contributed by atoms with Crippen LogP contribution < -0.4 is 0 Å². The Bertz CT molecular complexity index is 534. The number of aliphatic hydroxyl groups excluding tert-OH is 1. The quantitative estimate of drug-likeness (QED) is 0.682. The van der Waals surface area contributed by atoms with E-state index in [9.17, 15) is 9.90 Å². The Balaban J connectivity index is 2.08. The summed E-state index contributed by atoms with van der Waals surface area (Å²) >= 11 is 0. The molecule has 5 heteroatoms. The molecule has 1 aromatic carbocycles.